The van der Waals surface area contributed by atoms with Gasteiger partial charge in [0, 0.05) is 18.4 Å². The van der Waals surface area contributed by atoms with E-state index in [1.807, 2.05) is 24.3 Å². The second kappa shape index (κ2) is 7.27. The minimum atomic E-state index is -0.152. The van der Waals surface area contributed by atoms with Crippen molar-refractivity contribution in [2.75, 3.05) is 0 Å². The van der Waals surface area contributed by atoms with E-state index in [4.69, 9.17) is 4.42 Å². The highest BCUT2D eigenvalue weighted by Gasteiger charge is 2.15. The Kier molecular flexibility index (Phi) is 5.37. The van der Waals surface area contributed by atoms with Crippen LogP contribution in [0.4, 0.5) is 0 Å². The van der Waals surface area contributed by atoms with Crippen molar-refractivity contribution < 1.29 is 14.0 Å². The minimum absolute atomic E-state index is 0.0152. The Balaban J connectivity index is 1.81. The summed E-state index contributed by atoms with van der Waals surface area (Å²) in [5, 5.41) is 2.74. The quantitative estimate of drug-likeness (QED) is 0.824. The predicted octanol–water partition coefficient (Wildman–Crippen LogP) is 3.86. The van der Waals surface area contributed by atoms with Crippen LogP contribution in [-0.4, -0.2) is 11.7 Å². The number of ketones is 1. The van der Waals surface area contributed by atoms with Gasteiger partial charge in [-0.05, 0) is 23.1 Å². The summed E-state index contributed by atoms with van der Waals surface area (Å²) in [5.41, 5.74) is 1.90. The molecule has 0 unspecified atom stereocenters. The van der Waals surface area contributed by atoms with Crippen LogP contribution in [0.1, 0.15) is 55.3 Å². The fourth-order valence-electron chi connectivity index (χ4n) is 2.21. The standard InChI is InChI=1S/C19H23NO3/c1-19(2,3)15-8-6-14(7-9-15)17(21)10-11-18(22)20-13-16-5-4-12-23-16/h4-9,12H,10-11,13H2,1-3H3,(H,20,22). The molecule has 0 aliphatic heterocycles. The van der Waals surface area contributed by atoms with Gasteiger partial charge in [0.05, 0.1) is 12.8 Å². The van der Waals surface area contributed by atoms with E-state index in [-0.39, 0.29) is 29.9 Å². The lowest BCUT2D eigenvalue weighted by atomic mass is 9.86. The van der Waals surface area contributed by atoms with Crippen LogP contribution in [0.5, 0.6) is 0 Å². The Morgan fingerprint density at radius 2 is 1.74 bits per heavy atom. The van der Waals surface area contributed by atoms with Gasteiger partial charge in [0.1, 0.15) is 5.76 Å². The third-order valence-corrected chi connectivity index (χ3v) is 3.69. The summed E-state index contributed by atoms with van der Waals surface area (Å²) >= 11 is 0. The van der Waals surface area contributed by atoms with Crippen molar-refractivity contribution in [1.29, 1.82) is 0 Å². The van der Waals surface area contributed by atoms with E-state index in [2.05, 4.69) is 26.1 Å². The van der Waals surface area contributed by atoms with Gasteiger partial charge in [0.2, 0.25) is 5.91 Å². The molecule has 2 rings (SSSR count). The molecule has 0 radical (unpaired) electrons. The first kappa shape index (κ1) is 17.0. The topological polar surface area (TPSA) is 59.3 Å². The Hall–Kier alpha value is -2.36. The number of amides is 1. The van der Waals surface area contributed by atoms with Crippen molar-refractivity contribution in [3.63, 3.8) is 0 Å². The van der Waals surface area contributed by atoms with Crippen LogP contribution in [0.15, 0.2) is 47.1 Å². The summed E-state index contributed by atoms with van der Waals surface area (Å²) in [5.74, 6) is 0.530. The van der Waals surface area contributed by atoms with E-state index < -0.39 is 0 Å². The van der Waals surface area contributed by atoms with Gasteiger partial charge in [0.25, 0.3) is 0 Å². The molecule has 1 aromatic carbocycles. The first-order chi connectivity index (χ1) is 10.9. The summed E-state index contributed by atoms with van der Waals surface area (Å²) in [4.78, 5) is 23.9. The first-order valence-corrected chi connectivity index (χ1v) is 7.79. The highest BCUT2D eigenvalue weighted by molar-refractivity contribution is 5.97. The molecule has 122 valence electrons. The maximum atomic E-state index is 12.1. The minimum Gasteiger partial charge on any atom is -0.467 e. The predicted molar refractivity (Wildman–Crippen MR) is 89.3 cm³/mol. The van der Waals surface area contributed by atoms with E-state index in [1.165, 1.54) is 5.56 Å². The normalized spacial score (nSPS) is 11.3. The summed E-state index contributed by atoms with van der Waals surface area (Å²) in [6.07, 6.45) is 1.95. The van der Waals surface area contributed by atoms with Crippen LogP contribution in [-0.2, 0) is 16.8 Å². The number of carbonyl (C=O) groups excluding carboxylic acids is 2. The summed E-state index contributed by atoms with van der Waals surface area (Å²) < 4.78 is 5.14. The number of hydrogen-bond donors (Lipinski definition) is 1. The molecule has 0 aliphatic rings. The number of furan rings is 1. The fraction of sp³-hybridized carbons (Fsp3) is 0.368. The Morgan fingerprint density at radius 3 is 2.30 bits per heavy atom. The van der Waals surface area contributed by atoms with Crippen LogP contribution in [0, 0.1) is 0 Å². The van der Waals surface area contributed by atoms with Gasteiger partial charge in [-0.3, -0.25) is 9.59 Å². The van der Waals surface area contributed by atoms with Crippen LogP contribution in [0.2, 0.25) is 0 Å². The molecular weight excluding hydrogens is 290 g/mol. The van der Waals surface area contributed by atoms with Gasteiger partial charge >= 0.3 is 0 Å². The van der Waals surface area contributed by atoms with Crippen molar-refractivity contribution in [2.24, 2.45) is 0 Å². The van der Waals surface area contributed by atoms with E-state index in [0.29, 0.717) is 17.9 Å². The van der Waals surface area contributed by atoms with E-state index in [0.717, 1.165) is 0 Å². The summed E-state index contributed by atoms with van der Waals surface area (Å²) in [6.45, 7) is 6.74. The third kappa shape index (κ3) is 5.09. The van der Waals surface area contributed by atoms with Crippen LogP contribution in [0.25, 0.3) is 0 Å². The number of nitrogens with one attached hydrogen (secondary N) is 1. The number of rotatable bonds is 6. The fourth-order valence-corrected chi connectivity index (χ4v) is 2.21. The molecule has 0 aliphatic carbocycles. The molecule has 0 saturated heterocycles. The molecule has 4 nitrogen and oxygen atoms in total. The van der Waals surface area contributed by atoms with Gasteiger partial charge in [-0.1, -0.05) is 45.0 Å². The molecule has 2 aromatic rings. The molecule has 0 atom stereocenters. The monoisotopic (exact) mass is 313 g/mol. The smallest absolute Gasteiger partial charge is 0.220 e. The molecule has 0 fully saturated rings. The molecule has 0 saturated carbocycles. The van der Waals surface area contributed by atoms with Crippen LogP contribution >= 0.6 is 0 Å². The first-order valence-electron chi connectivity index (χ1n) is 7.79. The van der Waals surface area contributed by atoms with Crippen molar-refractivity contribution in [2.45, 2.75) is 45.6 Å². The number of carbonyl (C=O) groups is 2. The molecular formula is C19H23NO3. The lowest BCUT2D eigenvalue weighted by molar-refractivity contribution is -0.121. The average Bonchev–Trinajstić information content (AvgIpc) is 3.03. The highest BCUT2D eigenvalue weighted by Crippen LogP contribution is 2.22. The molecule has 1 amide bonds. The molecule has 1 aromatic heterocycles. The van der Waals surface area contributed by atoms with Crippen molar-refractivity contribution in [1.82, 2.24) is 5.32 Å². The van der Waals surface area contributed by atoms with Gasteiger partial charge in [-0.25, -0.2) is 0 Å². The van der Waals surface area contributed by atoms with E-state index >= 15 is 0 Å². The summed E-state index contributed by atoms with van der Waals surface area (Å²) in [7, 11) is 0. The SMILES string of the molecule is CC(C)(C)c1ccc(C(=O)CCC(=O)NCc2ccco2)cc1. The largest absolute Gasteiger partial charge is 0.467 e. The highest BCUT2D eigenvalue weighted by atomic mass is 16.3. The lowest BCUT2D eigenvalue weighted by Gasteiger charge is -2.18. The van der Waals surface area contributed by atoms with Crippen LogP contribution in [0.3, 0.4) is 0 Å². The van der Waals surface area contributed by atoms with E-state index in [9.17, 15) is 9.59 Å². The van der Waals surface area contributed by atoms with Crippen molar-refractivity contribution in [3.05, 3.63) is 59.5 Å². The van der Waals surface area contributed by atoms with Crippen molar-refractivity contribution in [3.8, 4) is 0 Å². The molecule has 4 heteroatoms. The maximum Gasteiger partial charge on any atom is 0.220 e. The summed E-state index contributed by atoms with van der Waals surface area (Å²) in [6, 6.07) is 11.2. The van der Waals surface area contributed by atoms with Gasteiger partial charge < -0.3 is 9.73 Å². The van der Waals surface area contributed by atoms with Crippen molar-refractivity contribution >= 4 is 11.7 Å². The average molecular weight is 313 g/mol. The molecule has 0 spiro atoms. The Morgan fingerprint density at radius 1 is 1.04 bits per heavy atom. The Labute approximate surface area is 136 Å². The number of benzene rings is 1. The van der Waals surface area contributed by atoms with Crippen LogP contribution < -0.4 is 5.32 Å². The molecule has 23 heavy (non-hydrogen) atoms. The van der Waals surface area contributed by atoms with Gasteiger partial charge in [-0.2, -0.15) is 0 Å². The molecule has 1 heterocycles. The second-order valence-electron chi connectivity index (χ2n) is 6.61. The van der Waals surface area contributed by atoms with Gasteiger partial charge in [0.15, 0.2) is 5.78 Å². The zero-order valence-corrected chi connectivity index (χ0v) is 13.9. The number of Topliss-reactive ketones (excluding diaryl/α,β-unsaturated/α-hetero) is 1. The maximum absolute atomic E-state index is 12.1. The molecule has 0 bridgehead atoms. The number of hydrogen-bond acceptors (Lipinski definition) is 3. The zero-order chi connectivity index (χ0) is 16.9. The van der Waals surface area contributed by atoms with E-state index in [1.54, 1.807) is 18.4 Å². The second-order valence-corrected chi connectivity index (χ2v) is 6.61. The third-order valence-electron chi connectivity index (χ3n) is 3.69. The molecule has 1 N–H and O–H groups in total. The lowest BCUT2D eigenvalue weighted by Crippen LogP contribution is -2.23. The Bertz CT molecular complexity index is 649. The zero-order valence-electron chi connectivity index (χ0n) is 13.9. The van der Waals surface area contributed by atoms with Gasteiger partial charge in [-0.15, -0.1) is 0 Å².